The van der Waals surface area contributed by atoms with Crippen LogP contribution in [0.2, 0.25) is 5.02 Å². The number of ether oxygens (including phenoxy) is 1. The molecule has 0 aliphatic carbocycles. The van der Waals surface area contributed by atoms with E-state index < -0.39 is 30.3 Å². The van der Waals surface area contributed by atoms with Crippen LogP contribution in [0.4, 0.5) is 4.39 Å². The summed E-state index contributed by atoms with van der Waals surface area (Å²) in [4.78, 5) is 22.8. The van der Waals surface area contributed by atoms with Gasteiger partial charge in [0.2, 0.25) is 0 Å². The van der Waals surface area contributed by atoms with Crippen molar-refractivity contribution in [1.29, 1.82) is 0 Å². The lowest BCUT2D eigenvalue weighted by Gasteiger charge is -2.14. The summed E-state index contributed by atoms with van der Waals surface area (Å²) in [6, 6.07) is 2.25. The van der Waals surface area contributed by atoms with Crippen molar-refractivity contribution in [2.75, 3.05) is 13.7 Å². The molecule has 5 nitrogen and oxygen atoms in total. The van der Waals surface area contributed by atoms with Crippen molar-refractivity contribution in [1.82, 2.24) is 5.32 Å². The van der Waals surface area contributed by atoms with Crippen LogP contribution < -0.4 is 5.32 Å². The summed E-state index contributed by atoms with van der Waals surface area (Å²) in [6.45, 7) is -0.645. The van der Waals surface area contributed by atoms with E-state index in [2.05, 4.69) is 10.1 Å². The van der Waals surface area contributed by atoms with Crippen molar-refractivity contribution in [3.63, 3.8) is 0 Å². The zero-order valence-electron chi connectivity index (χ0n) is 9.44. The number of halogens is 2. The number of hydrogen-bond acceptors (Lipinski definition) is 4. The molecule has 0 aliphatic heterocycles. The highest BCUT2D eigenvalue weighted by molar-refractivity contribution is 6.30. The third-order valence-corrected chi connectivity index (χ3v) is 2.38. The maximum Gasteiger partial charge on any atom is 0.330 e. The summed E-state index contributed by atoms with van der Waals surface area (Å²) in [5, 5.41) is 11.2. The fourth-order valence-electron chi connectivity index (χ4n) is 1.23. The van der Waals surface area contributed by atoms with E-state index in [0.717, 1.165) is 13.2 Å². The molecule has 0 radical (unpaired) electrons. The third-order valence-electron chi connectivity index (χ3n) is 2.15. The highest BCUT2D eigenvalue weighted by Gasteiger charge is 2.22. The highest BCUT2D eigenvalue weighted by Crippen LogP contribution is 2.14. The molecular formula is C11H11ClFNO4. The molecule has 1 aromatic rings. The lowest BCUT2D eigenvalue weighted by molar-refractivity contribution is -0.143. The molecule has 1 aromatic carbocycles. The lowest BCUT2D eigenvalue weighted by Crippen LogP contribution is -2.44. The van der Waals surface area contributed by atoms with Crippen LogP contribution in [0.25, 0.3) is 0 Å². The van der Waals surface area contributed by atoms with Gasteiger partial charge in [-0.05, 0) is 18.2 Å². The molecule has 0 spiro atoms. The zero-order valence-corrected chi connectivity index (χ0v) is 10.2. The van der Waals surface area contributed by atoms with Gasteiger partial charge in [-0.15, -0.1) is 0 Å². The number of carbonyl (C=O) groups excluding carboxylic acids is 2. The van der Waals surface area contributed by atoms with Crippen LogP contribution in [0.1, 0.15) is 10.4 Å². The minimum absolute atomic E-state index is 0.149. The molecule has 1 amide bonds. The fraction of sp³-hybridized carbons (Fsp3) is 0.273. The first-order valence-electron chi connectivity index (χ1n) is 4.94. The number of benzene rings is 1. The number of hydrogen-bond donors (Lipinski definition) is 2. The molecule has 2 N–H and O–H groups in total. The zero-order chi connectivity index (χ0) is 13.7. The average Bonchev–Trinajstić information content (AvgIpc) is 2.34. The number of aliphatic hydroxyl groups excluding tert-OH is 1. The molecule has 0 aromatic heterocycles. The minimum atomic E-state index is -1.24. The first-order valence-corrected chi connectivity index (χ1v) is 5.32. The predicted octanol–water partition coefficient (Wildman–Crippen LogP) is 0.743. The summed E-state index contributed by atoms with van der Waals surface area (Å²) in [6.07, 6.45) is 0. The molecule has 1 unspecified atom stereocenters. The van der Waals surface area contributed by atoms with E-state index in [1.807, 2.05) is 0 Å². The summed E-state index contributed by atoms with van der Waals surface area (Å²) in [7, 11) is 1.11. The van der Waals surface area contributed by atoms with E-state index in [-0.39, 0.29) is 10.6 Å². The van der Waals surface area contributed by atoms with Gasteiger partial charge in [-0.3, -0.25) is 4.79 Å². The van der Waals surface area contributed by atoms with Gasteiger partial charge >= 0.3 is 5.97 Å². The molecule has 7 heteroatoms. The molecule has 0 heterocycles. The highest BCUT2D eigenvalue weighted by atomic mass is 35.5. The second-order valence-corrected chi connectivity index (χ2v) is 3.79. The SMILES string of the molecule is COC(=O)C(CO)NC(=O)c1ccc(Cl)cc1F. The van der Waals surface area contributed by atoms with Crippen molar-refractivity contribution in [2.45, 2.75) is 6.04 Å². The normalized spacial score (nSPS) is 11.8. The number of amides is 1. The van der Waals surface area contributed by atoms with Crippen molar-refractivity contribution < 1.29 is 23.8 Å². The Morgan fingerprint density at radius 2 is 2.22 bits per heavy atom. The van der Waals surface area contributed by atoms with E-state index in [1.54, 1.807) is 0 Å². The number of rotatable bonds is 4. The molecule has 0 bridgehead atoms. The van der Waals surface area contributed by atoms with Gasteiger partial charge in [0.25, 0.3) is 5.91 Å². The van der Waals surface area contributed by atoms with Crippen LogP contribution >= 0.6 is 11.6 Å². The first kappa shape index (κ1) is 14.4. The number of methoxy groups -OCH3 is 1. The molecule has 18 heavy (non-hydrogen) atoms. The van der Waals surface area contributed by atoms with Gasteiger partial charge in [-0.25, -0.2) is 9.18 Å². The maximum absolute atomic E-state index is 13.4. The van der Waals surface area contributed by atoms with Gasteiger partial charge in [0.1, 0.15) is 5.82 Å². The van der Waals surface area contributed by atoms with Gasteiger partial charge in [0, 0.05) is 5.02 Å². The second-order valence-electron chi connectivity index (χ2n) is 3.36. The monoisotopic (exact) mass is 275 g/mol. The number of carbonyl (C=O) groups is 2. The topological polar surface area (TPSA) is 75.6 Å². The van der Waals surface area contributed by atoms with Crippen molar-refractivity contribution >= 4 is 23.5 Å². The Labute approximate surface area is 108 Å². The molecule has 0 saturated carbocycles. The molecule has 0 fully saturated rings. The fourth-order valence-corrected chi connectivity index (χ4v) is 1.39. The summed E-state index contributed by atoms with van der Waals surface area (Å²) >= 11 is 5.54. The van der Waals surface area contributed by atoms with E-state index in [1.165, 1.54) is 12.1 Å². The van der Waals surface area contributed by atoms with Gasteiger partial charge in [-0.1, -0.05) is 11.6 Å². The van der Waals surface area contributed by atoms with E-state index in [4.69, 9.17) is 16.7 Å². The molecular weight excluding hydrogens is 265 g/mol. The van der Waals surface area contributed by atoms with Crippen molar-refractivity contribution in [3.05, 3.63) is 34.6 Å². The Hall–Kier alpha value is -1.66. The predicted molar refractivity (Wildman–Crippen MR) is 61.8 cm³/mol. The molecule has 0 saturated heterocycles. The van der Waals surface area contributed by atoms with Gasteiger partial charge in [0.05, 0.1) is 19.3 Å². The van der Waals surface area contributed by atoms with Gasteiger partial charge in [-0.2, -0.15) is 0 Å². The van der Waals surface area contributed by atoms with Crippen LogP contribution in [0.5, 0.6) is 0 Å². The summed E-state index contributed by atoms with van der Waals surface area (Å²) in [5.74, 6) is -2.48. The summed E-state index contributed by atoms with van der Waals surface area (Å²) in [5.41, 5.74) is -0.276. The maximum atomic E-state index is 13.4. The molecule has 98 valence electrons. The van der Waals surface area contributed by atoms with E-state index >= 15 is 0 Å². The lowest BCUT2D eigenvalue weighted by atomic mass is 10.2. The smallest absolute Gasteiger partial charge is 0.330 e. The van der Waals surface area contributed by atoms with Gasteiger partial charge < -0.3 is 15.2 Å². The molecule has 1 atom stereocenters. The minimum Gasteiger partial charge on any atom is -0.467 e. The largest absolute Gasteiger partial charge is 0.467 e. The molecule has 0 aliphatic rings. The van der Waals surface area contributed by atoms with Gasteiger partial charge in [0.15, 0.2) is 6.04 Å². The Kier molecular flexibility index (Phi) is 5.06. The molecule has 1 rings (SSSR count). The number of esters is 1. The quantitative estimate of drug-likeness (QED) is 0.795. The number of aliphatic hydroxyl groups is 1. The Bertz CT molecular complexity index is 466. The number of nitrogens with one attached hydrogen (secondary N) is 1. The Morgan fingerprint density at radius 3 is 2.72 bits per heavy atom. The van der Waals surface area contributed by atoms with Crippen LogP contribution in [-0.4, -0.2) is 36.7 Å². The van der Waals surface area contributed by atoms with Crippen LogP contribution in [0.15, 0.2) is 18.2 Å². The second kappa shape index (κ2) is 6.32. The van der Waals surface area contributed by atoms with Crippen LogP contribution in [0, 0.1) is 5.82 Å². The van der Waals surface area contributed by atoms with E-state index in [9.17, 15) is 14.0 Å². The average molecular weight is 276 g/mol. The van der Waals surface area contributed by atoms with Crippen molar-refractivity contribution in [3.8, 4) is 0 Å². The standard InChI is InChI=1S/C11H11ClFNO4/c1-18-11(17)9(5-15)14-10(16)7-3-2-6(12)4-8(7)13/h2-4,9,15H,5H2,1H3,(H,14,16). The Balaban J connectivity index is 2.84. The Morgan fingerprint density at radius 1 is 1.56 bits per heavy atom. The van der Waals surface area contributed by atoms with Crippen molar-refractivity contribution in [2.24, 2.45) is 0 Å². The van der Waals surface area contributed by atoms with E-state index in [0.29, 0.717) is 0 Å². The van der Waals surface area contributed by atoms with Crippen LogP contribution in [0.3, 0.4) is 0 Å². The third kappa shape index (κ3) is 3.41. The van der Waals surface area contributed by atoms with Crippen LogP contribution in [-0.2, 0) is 9.53 Å². The summed E-state index contributed by atoms with van der Waals surface area (Å²) < 4.78 is 17.8. The first-order chi connectivity index (χ1) is 8.49.